The van der Waals surface area contributed by atoms with Crippen molar-refractivity contribution in [1.29, 1.82) is 0 Å². The van der Waals surface area contributed by atoms with Crippen LogP contribution >= 0.6 is 22.9 Å². The molecule has 0 amide bonds. The second kappa shape index (κ2) is 6.07. The van der Waals surface area contributed by atoms with Gasteiger partial charge in [0.15, 0.2) is 6.23 Å². The summed E-state index contributed by atoms with van der Waals surface area (Å²) in [6.45, 7) is -0.385. The van der Waals surface area contributed by atoms with E-state index in [4.69, 9.17) is 16.3 Å². The minimum atomic E-state index is -1.18. The fraction of sp³-hybridized carbons (Fsp3) is 0.333. The molecule has 1 saturated heterocycles. The quantitative estimate of drug-likeness (QED) is 0.605. The number of aromatic nitrogens is 3. The molecule has 3 aromatic heterocycles. The molecule has 24 heavy (non-hydrogen) atoms. The number of hydrogen-bond donors (Lipinski definition) is 3. The van der Waals surface area contributed by atoms with Crippen LogP contribution in [0.5, 0.6) is 0 Å². The van der Waals surface area contributed by atoms with Gasteiger partial charge in [-0.25, -0.2) is 4.98 Å². The Morgan fingerprint density at radius 1 is 1.25 bits per heavy atom. The Kier molecular flexibility index (Phi) is 4.03. The van der Waals surface area contributed by atoms with Gasteiger partial charge in [-0.15, -0.1) is 0 Å². The van der Waals surface area contributed by atoms with Crippen molar-refractivity contribution in [2.75, 3.05) is 6.61 Å². The van der Waals surface area contributed by atoms with E-state index in [0.29, 0.717) is 11.3 Å². The van der Waals surface area contributed by atoms with Gasteiger partial charge in [-0.1, -0.05) is 0 Å². The maximum absolute atomic E-state index is 10.2. The van der Waals surface area contributed by atoms with E-state index in [1.165, 1.54) is 0 Å². The van der Waals surface area contributed by atoms with Gasteiger partial charge in [-0.05, 0) is 29.1 Å². The zero-order valence-electron chi connectivity index (χ0n) is 12.3. The van der Waals surface area contributed by atoms with E-state index < -0.39 is 24.5 Å². The monoisotopic (exact) mass is 367 g/mol. The minimum absolute atomic E-state index is 0.0791. The summed E-state index contributed by atoms with van der Waals surface area (Å²) < 4.78 is 7.17. The van der Waals surface area contributed by atoms with Crippen molar-refractivity contribution >= 4 is 34.0 Å². The van der Waals surface area contributed by atoms with Gasteiger partial charge >= 0.3 is 0 Å². The summed E-state index contributed by atoms with van der Waals surface area (Å²) in [5, 5.41) is 34.2. The highest BCUT2D eigenvalue weighted by Gasteiger charge is 2.43. The molecule has 4 atom stereocenters. The number of rotatable bonds is 3. The van der Waals surface area contributed by atoms with Gasteiger partial charge in [0.2, 0.25) is 5.28 Å². The summed E-state index contributed by atoms with van der Waals surface area (Å²) in [5.41, 5.74) is 2.11. The van der Waals surface area contributed by atoms with Gasteiger partial charge in [0, 0.05) is 22.5 Å². The van der Waals surface area contributed by atoms with Gasteiger partial charge in [0.25, 0.3) is 0 Å². The maximum Gasteiger partial charge on any atom is 0.224 e. The highest BCUT2D eigenvalue weighted by atomic mass is 35.5. The zero-order chi connectivity index (χ0) is 16.8. The standard InChI is InChI=1S/C15H14ClN3O4S/c16-15-17-10(7-2-4-24-6-7)8-1-3-19(13(8)18-15)14-12(22)11(21)9(5-20)23-14/h1-4,6,9,11-12,14,20-22H,5H2/t9-,11?,12?,14-/m1/s1. The Hall–Kier alpha value is -1.55. The van der Waals surface area contributed by atoms with E-state index in [9.17, 15) is 15.3 Å². The molecule has 1 fully saturated rings. The predicted molar refractivity (Wildman–Crippen MR) is 88.9 cm³/mol. The second-order valence-corrected chi connectivity index (χ2v) is 6.66. The molecule has 1 aliphatic heterocycles. The fourth-order valence-electron chi connectivity index (χ4n) is 2.94. The number of halogens is 1. The van der Waals surface area contributed by atoms with Crippen LogP contribution in [-0.2, 0) is 4.74 Å². The molecule has 0 bridgehead atoms. The van der Waals surface area contributed by atoms with E-state index in [0.717, 1.165) is 10.9 Å². The summed E-state index contributed by atoms with van der Waals surface area (Å²) in [4.78, 5) is 8.55. The molecule has 0 radical (unpaired) electrons. The molecular weight excluding hydrogens is 354 g/mol. The van der Waals surface area contributed by atoms with E-state index in [2.05, 4.69) is 9.97 Å². The number of thiophene rings is 1. The molecule has 2 unspecified atom stereocenters. The van der Waals surface area contributed by atoms with E-state index in [1.807, 2.05) is 22.9 Å². The molecule has 1 aliphatic rings. The summed E-state index contributed by atoms with van der Waals surface area (Å²) in [7, 11) is 0. The summed E-state index contributed by atoms with van der Waals surface area (Å²) >= 11 is 7.62. The van der Waals surface area contributed by atoms with E-state index >= 15 is 0 Å². The largest absolute Gasteiger partial charge is 0.394 e. The lowest BCUT2D eigenvalue weighted by molar-refractivity contribution is -0.0508. The van der Waals surface area contributed by atoms with Crippen LogP contribution in [0.3, 0.4) is 0 Å². The Bertz CT molecular complexity index is 869. The molecule has 3 N–H and O–H groups in total. The van der Waals surface area contributed by atoms with Crippen molar-refractivity contribution in [3.63, 3.8) is 0 Å². The van der Waals surface area contributed by atoms with Crippen molar-refractivity contribution in [3.05, 3.63) is 34.4 Å². The lowest BCUT2D eigenvalue weighted by atomic mass is 10.1. The first kappa shape index (κ1) is 15.9. The number of aliphatic hydroxyl groups excluding tert-OH is 3. The lowest BCUT2D eigenvalue weighted by Gasteiger charge is -2.17. The van der Waals surface area contributed by atoms with Crippen molar-refractivity contribution in [1.82, 2.24) is 14.5 Å². The SMILES string of the molecule is OC[C@H]1O[C@@H](n2ccc3c(-c4ccsc4)nc(Cl)nc32)C(O)C1O. The first-order valence-electron chi connectivity index (χ1n) is 7.29. The third-order valence-corrected chi connectivity index (χ3v) is 4.98. The first-order valence-corrected chi connectivity index (χ1v) is 8.61. The zero-order valence-corrected chi connectivity index (χ0v) is 13.9. The van der Waals surface area contributed by atoms with Crippen LogP contribution < -0.4 is 0 Å². The van der Waals surface area contributed by atoms with Crippen LogP contribution in [0.25, 0.3) is 22.3 Å². The van der Waals surface area contributed by atoms with Crippen LogP contribution in [0.2, 0.25) is 5.28 Å². The van der Waals surface area contributed by atoms with E-state index in [-0.39, 0.29) is 11.9 Å². The van der Waals surface area contributed by atoms with Crippen LogP contribution in [0, 0.1) is 0 Å². The normalized spacial score (nSPS) is 27.2. The summed E-state index contributed by atoms with van der Waals surface area (Å²) in [6, 6.07) is 3.75. The third kappa shape index (κ3) is 2.43. The van der Waals surface area contributed by atoms with Crippen LogP contribution in [0.4, 0.5) is 0 Å². The predicted octanol–water partition coefficient (Wildman–Crippen LogP) is 1.42. The second-order valence-electron chi connectivity index (χ2n) is 5.54. The molecule has 7 nitrogen and oxygen atoms in total. The first-order chi connectivity index (χ1) is 11.6. The molecule has 0 saturated carbocycles. The van der Waals surface area contributed by atoms with E-state index in [1.54, 1.807) is 22.1 Å². The molecule has 0 aromatic carbocycles. The molecule has 126 valence electrons. The topological polar surface area (TPSA) is 101 Å². The van der Waals surface area contributed by atoms with Crippen LogP contribution in [-0.4, -0.2) is 54.8 Å². The number of fused-ring (bicyclic) bond motifs is 1. The molecule has 9 heteroatoms. The minimum Gasteiger partial charge on any atom is -0.394 e. The molecule has 3 aromatic rings. The molecule has 4 heterocycles. The smallest absolute Gasteiger partial charge is 0.224 e. The fourth-order valence-corrected chi connectivity index (χ4v) is 3.75. The summed E-state index contributed by atoms with van der Waals surface area (Å²) in [6.07, 6.45) is -2.37. The molecule has 4 rings (SSSR count). The van der Waals surface area contributed by atoms with Crippen LogP contribution in [0.1, 0.15) is 6.23 Å². The lowest BCUT2D eigenvalue weighted by Crippen LogP contribution is -2.33. The summed E-state index contributed by atoms with van der Waals surface area (Å²) in [5.74, 6) is 0. The average Bonchev–Trinajstić information content (AvgIpc) is 3.28. The Balaban J connectivity index is 1.84. The third-order valence-electron chi connectivity index (χ3n) is 4.13. The Morgan fingerprint density at radius 2 is 2.08 bits per heavy atom. The molecular formula is C15H14ClN3O4S. The van der Waals surface area contributed by atoms with Gasteiger partial charge in [0.05, 0.1) is 12.3 Å². The average molecular weight is 368 g/mol. The van der Waals surface area contributed by atoms with Crippen molar-refractivity contribution in [2.45, 2.75) is 24.5 Å². The number of ether oxygens (including phenoxy) is 1. The maximum atomic E-state index is 10.2. The van der Waals surface area contributed by atoms with Gasteiger partial charge in [-0.2, -0.15) is 16.3 Å². The number of hydrogen-bond acceptors (Lipinski definition) is 7. The van der Waals surface area contributed by atoms with Crippen molar-refractivity contribution in [3.8, 4) is 11.3 Å². The van der Waals surface area contributed by atoms with Gasteiger partial charge in [-0.3, -0.25) is 0 Å². The van der Waals surface area contributed by atoms with Crippen LogP contribution in [0.15, 0.2) is 29.1 Å². The highest BCUT2D eigenvalue weighted by molar-refractivity contribution is 7.08. The molecule has 0 spiro atoms. The number of nitrogens with zero attached hydrogens (tertiary/aromatic N) is 3. The van der Waals surface area contributed by atoms with Gasteiger partial charge in [0.1, 0.15) is 24.0 Å². The molecule has 0 aliphatic carbocycles. The highest BCUT2D eigenvalue weighted by Crippen LogP contribution is 2.35. The Labute approximate surface area is 145 Å². The van der Waals surface area contributed by atoms with Gasteiger partial charge < -0.3 is 24.6 Å². The Morgan fingerprint density at radius 3 is 2.75 bits per heavy atom. The van der Waals surface area contributed by atoms with Crippen molar-refractivity contribution < 1.29 is 20.1 Å². The van der Waals surface area contributed by atoms with Crippen molar-refractivity contribution in [2.24, 2.45) is 0 Å². The number of aliphatic hydroxyl groups is 3.